The molecular formula is C8H15NO5. The zero-order chi connectivity index (χ0) is 10.6. The van der Waals surface area contributed by atoms with Crippen molar-refractivity contribution in [2.45, 2.75) is 43.8 Å². The van der Waals surface area contributed by atoms with Crippen LogP contribution in [0, 0.1) is 0 Å². The fourth-order valence-corrected chi connectivity index (χ4v) is 1.95. The van der Waals surface area contributed by atoms with Gasteiger partial charge in [-0.2, -0.15) is 0 Å². The van der Waals surface area contributed by atoms with E-state index in [4.69, 9.17) is 14.6 Å². The van der Waals surface area contributed by atoms with Crippen molar-refractivity contribution in [2.75, 3.05) is 6.61 Å². The minimum atomic E-state index is -1.63. The summed E-state index contributed by atoms with van der Waals surface area (Å²) < 4.78 is 10.8. The molecule has 6 nitrogen and oxygen atoms in total. The fourth-order valence-electron chi connectivity index (χ4n) is 1.95. The van der Waals surface area contributed by atoms with Gasteiger partial charge in [-0.15, -0.1) is 0 Å². The van der Waals surface area contributed by atoms with E-state index in [1.54, 1.807) is 13.8 Å². The van der Waals surface area contributed by atoms with Gasteiger partial charge in [-0.05, 0) is 13.8 Å². The second kappa shape index (κ2) is 2.88. The van der Waals surface area contributed by atoms with Crippen LogP contribution in [0.4, 0.5) is 0 Å². The highest BCUT2D eigenvalue weighted by molar-refractivity contribution is 5.04. The van der Waals surface area contributed by atoms with E-state index >= 15 is 0 Å². The van der Waals surface area contributed by atoms with Crippen LogP contribution in [0.2, 0.25) is 0 Å². The van der Waals surface area contributed by atoms with Crippen molar-refractivity contribution < 1.29 is 24.8 Å². The Morgan fingerprint density at radius 3 is 2.57 bits per heavy atom. The molecule has 14 heavy (non-hydrogen) atoms. The maximum absolute atomic E-state index is 9.85. The van der Waals surface area contributed by atoms with Gasteiger partial charge in [-0.1, -0.05) is 0 Å². The summed E-state index contributed by atoms with van der Waals surface area (Å²) in [6.45, 7) is 2.84. The van der Waals surface area contributed by atoms with Crippen LogP contribution in [0.15, 0.2) is 0 Å². The zero-order valence-electron chi connectivity index (χ0n) is 8.10. The largest absolute Gasteiger partial charge is 0.392 e. The van der Waals surface area contributed by atoms with Gasteiger partial charge in [0, 0.05) is 0 Å². The second-order valence-corrected chi connectivity index (χ2v) is 4.19. The van der Waals surface area contributed by atoms with E-state index in [1.165, 1.54) is 0 Å². The molecular weight excluding hydrogens is 190 g/mol. The van der Waals surface area contributed by atoms with Crippen molar-refractivity contribution >= 4 is 0 Å². The first kappa shape index (κ1) is 10.3. The zero-order valence-corrected chi connectivity index (χ0v) is 8.10. The molecule has 0 radical (unpaired) electrons. The van der Waals surface area contributed by atoms with Gasteiger partial charge < -0.3 is 24.8 Å². The Hall–Kier alpha value is -0.240. The summed E-state index contributed by atoms with van der Waals surface area (Å²) in [5.41, 5.74) is -1.63. The molecule has 0 bridgehead atoms. The molecule has 82 valence electrons. The monoisotopic (exact) mass is 205 g/mol. The normalized spacial score (nSPS) is 50.8. The lowest BCUT2D eigenvalue weighted by Crippen LogP contribution is -2.54. The molecule has 0 aromatic rings. The van der Waals surface area contributed by atoms with Crippen molar-refractivity contribution in [3.63, 3.8) is 0 Å². The summed E-state index contributed by atoms with van der Waals surface area (Å²) in [7, 11) is 0. The second-order valence-electron chi connectivity index (χ2n) is 4.19. The van der Waals surface area contributed by atoms with Crippen molar-refractivity contribution in [2.24, 2.45) is 0 Å². The van der Waals surface area contributed by atoms with Gasteiger partial charge in [0.25, 0.3) is 0 Å². The Kier molecular flexibility index (Phi) is 2.11. The van der Waals surface area contributed by atoms with Crippen LogP contribution in [0.25, 0.3) is 0 Å². The summed E-state index contributed by atoms with van der Waals surface area (Å²) in [5.74, 6) is -0.846. The lowest BCUT2D eigenvalue weighted by atomic mass is 10.1. The Balaban J connectivity index is 2.23. The number of hydrogen-bond acceptors (Lipinski definition) is 6. The molecule has 0 aliphatic carbocycles. The number of hydrogen-bond donors (Lipinski definition) is 4. The maximum Gasteiger partial charge on any atom is 0.170 e. The molecule has 2 heterocycles. The third-order valence-electron chi connectivity index (χ3n) is 2.55. The van der Waals surface area contributed by atoms with E-state index in [9.17, 15) is 10.2 Å². The third kappa shape index (κ3) is 1.35. The lowest BCUT2D eigenvalue weighted by molar-refractivity contribution is -0.201. The molecule has 2 aliphatic heterocycles. The Labute approximate surface area is 81.4 Å². The summed E-state index contributed by atoms with van der Waals surface area (Å²) in [4.78, 5) is 0. The van der Waals surface area contributed by atoms with Gasteiger partial charge in [0.05, 0.1) is 6.61 Å². The molecule has 0 saturated carbocycles. The van der Waals surface area contributed by atoms with Gasteiger partial charge in [0.15, 0.2) is 11.5 Å². The van der Waals surface area contributed by atoms with Crippen molar-refractivity contribution in [1.82, 2.24) is 5.32 Å². The van der Waals surface area contributed by atoms with Crippen molar-refractivity contribution in [3.8, 4) is 0 Å². The lowest BCUT2D eigenvalue weighted by Gasteiger charge is -2.28. The first-order valence-corrected chi connectivity index (χ1v) is 4.53. The Morgan fingerprint density at radius 2 is 2.00 bits per heavy atom. The molecule has 2 rings (SSSR count). The Bertz CT molecular complexity index is 246. The standard InChI is InChI=1S/C8H15NO5/c1-7(2)13-4-5(14-7)8(12,3-10)9-6(4)11/h4-6,9-12H,3H2,1-2H3/t4-,5+,6?,8-/m1/s1. The summed E-state index contributed by atoms with van der Waals surface area (Å²) >= 11 is 0. The highest BCUT2D eigenvalue weighted by Gasteiger charge is 2.60. The number of nitrogens with one attached hydrogen (secondary N) is 1. The topological polar surface area (TPSA) is 91.2 Å². The first-order valence-electron chi connectivity index (χ1n) is 4.53. The highest BCUT2D eigenvalue weighted by atomic mass is 16.8. The number of fused-ring (bicyclic) bond motifs is 1. The quantitative estimate of drug-likeness (QED) is 0.400. The minimum absolute atomic E-state index is 0.537. The smallest absolute Gasteiger partial charge is 0.170 e. The van der Waals surface area contributed by atoms with Crippen LogP contribution in [0.5, 0.6) is 0 Å². The van der Waals surface area contributed by atoms with E-state index in [0.717, 1.165) is 0 Å². The van der Waals surface area contributed by atoms with Crippen LogP contribution in [-0.4, -0.2) is 51.9 Å². The van der Waals surface area contributed by atoms with E-state index in [2.05, 4.69) is 5.32 Å². The maximum atomic E-state index is 9.85. The van der Waals surface area contributed by atoms with Crippen molar-refractivity contribution in [3.05, 3.63) is 0 Å². The van der Waals surface area contributed by atoms with Crippen LogP contribution in [-0.2, 0) is 9.47 Å². The van der Waals surface area contributed by atoms with Gasteiger partial charge >= 0.3 is 0 Å². The SMILES string of the molecule is CC1(C)O[C@H]2C(O)N[C@@](O)(CO)[C@H]2O1. The average Bonchev–Trinajstić information content (AvgIpc) is 2.50. The highest BCUT2D eigenvalue weighted by Crippen LogP contribution is 2.38. The Morgan fingerprint density at radius 1 is 1.36 bits per heavy atom. The van der Waals surface area contributed by atoms with E-state index in [1.807, 2.05) is 0 Å². The third-order valence-corrected chi connectivity index (χ3v) is 2.55. The number of aliphatic hydroxyl groups excluding tert-OH is 2. The van der Waals surface area contributed by atoms with Crippen LogP contribution in [0.1, 0.15) is 13.8 Å². The molecule has 2 aliphatic rings. The van der Waals surface area contributed by atoms with Gasteiger partial charge in [0.1, 0.15) is 18.4 Å². The molecule has 0 aromatic heterocycles. The molecule has 0 aromatic carbocycles. The van der Waals surface area contributed by atoms with Gasteiger partial charge in [-0.3, -0.25) is 5.32 Å². The van der Waals surface area contributed by atoms with E-state index < -0.39 is 36.6 Å². The van der Waals surface area contributed by atoms with Crippen LogP contribution >= 0.6 is 0 Å². The fraction of sp³-hybridized carbons (Fsp3) is 1.00. The van der Waals surface area contributed by atoms with Crippen molar-refractivity contribution in [1.29, 1.82) is 0 Å². The minimum Gasteiger partial charge on any atom is -0.392 e. The molecule has 4 N–H and O–H groups in total. The molecule has 4 atom stereocenters. The molecule has 2 fully saturated rings. The number of ether oxygens (including phenoxy) is 2. The number of rotatable bonds is 1. The van der Waals surface area contributed by atoms with E-state index in [0.29, 0.717) is 0 Å². The molecule has 1 unspecified atom stereocenters. The predicted molar refractivity (Wildman–Crippen MR) is 45.0 cm³/mol. The predicted octanol–water partition coefficient (Wildman–Crippen LogP) is -1.89. The number of aliphatic hydroxyl groups is 3. The summed E-state index contributed by atoms with van der Waals surface area (Å²) in [6, 6.07) is 0. The van der Waals surface area contributed by atoms with E-state index in [-0.39, 0.29) is 0 Å². The molecule has 6 heteroatoms. The van der Waals surface area contributed by atoms with Gasteiger partial charge in [-0.25, -0.2) is 0 Å². The van der Waals surface area contributed by atoms with Crippen LogP contribution < -0.4 is 5.32 Å². The van der Waals surface area contributed by atoms with Gasteiger partial charge in [0.2, 0.25) is 0 Å². The molecule has 2 saturated heterocycles. The molecule has 0 spiro atoms. The molecule has 0 amide bonds. The van der Waals surface area contributed by atoms with Crippen LogP contribution in [0.3, 0.4) is 0 Å². The average molecular weight is 205 g/mol. The summed E-state index contributed by atoms with van der Waals surface area (Å²) in [6.07, 6.45) is -2.43. The summed E-state index contributed by atoms with van der Waals surface area (Å²) in [5, 5.41) is 30.8. The first-order chi connectivity index (χ1) is 6.38.